The number of alkyl halides is 4. The molecule has 104 valence electrons. The van der Waals surface area contributed by atoms with E-state index in [9.17, 15) is 22.7 Å². The average Bonchev–Trinajstić information content (AvgIpc) is 2.19. The van der Waals surface area contributed by atoms with Gasteiger partial charge in [0.25, 0.3) is 0 Å². The van der Waals surface area contributed by atoms with Gasteiger partial charge in [0.05, 0.1) is 6.67 Å². The summed E-state index contributed by atoms with van der Waals surface area (Å²) in [4.78, 5) is 0. The van der Waals surface area contributed by atoms with E-state index in [0.29, 0.717) is 0 Å². The molecule has 0 saturated heterocycles. The molecule has 1 aromatic rings. The minimum absolute atomic E-state index is 0. The van der Waals surface area contributed by atoms with E-state index in [1.165, 1.54) is 0 Å². The molecule has 0 amide bonds. The predicted octanol–water partition coefficient (Wildman–Crippen LogP) is 3.07. The third-order valence-electron chi connectivity index (χ3n) is 2.05. The van der Waals surface area contributed by atoms with Crippen molar-refractivity contribution in [3.8, 4) is 11.5 Å². The van der Waals surface area contributed by atoms with E-state index in [-0.39, 0.29) is 30.1 Å². The van der Waals surface area contributed by atoms with Crippen molar-refractivity contribution < 1.29 is 27.4 Å². The maximum Gasteiger partial charge on any atom is 0.573 e. The monoisotopic (exact) mass is 289 g/mol. The second kappa shape index (κ2) is 6.65. The largest absolute Gasteiger partial charge is 0.573 e. The zero-order valence-corrected chi connectivity index (χ0v) is 9.89. The van der Waals surface area contributed by atoms with Crippen LogP contribution in [0.1, 0.15) is 18.0 Å². The van der Waals surface area contributed by atoms with Gasteiger partial charge in [-0.3, -0.25) is 4.39 Å². The zero-order chi connectivity index (χ0) is 13.1. The van der Waals surface area contributed by atoms with Crippen LogP contribution in [0.15, 0.2) is 18.2 Å². The van der Waals surface area contributed by atoms with Crippen LogP contribution in [0.3, 0.4) is 0 Å². The van der Waals surface area contributed by atoms with E-state index in [1.807, 2.05) is 0 Å². The number of hydrogen-bond donors (Lipinski definition) is 2. The molecule has 3 nitrogen and oxygen atoms in total. The highest BCUT2D eigenvalue weighted by Crippen LogP contribution is 2.31. The van der Waals surface area contributed by atoms with Crippen LogP contribution in [0.5, 0.6) is 11.5 Å². The van der Waals surface area contributed by atoms with Crippen LogP contribution in [-0.2, 0) is 0 Å². The molecule has 8 heteroatoms. The summed E-state index contributed by atoms with van der Waals surface area (Å²) in [6.45, 7) is -0.731. The van der Waals surface area contributed by atoms with Gasteiger partial charge in [-0.2, -0.15) is 0 Å². The van der Waals surface area contributed by atoms with E-state index in [1.54, 1.807) is 0 Å². The van der Waals surface area contributed by atoms with Crippen LogP contribution < -0.4 is 10.5 Å². The van der Waals surface area contributed by atoms with E-state index < -0.39 is 24.8 Å². The van der Waals surface area contributed by atoms with Gasteiger partial charge in [-0.15, -0.1) is 25.6 Å². The molecular weight excluding hydrogens is 278 g/mol. The van der Waals surface area contributed by atoms with Crippen molar-refractivity contribution in [1.82, 2.24) is 0 Å². The Bertz CT molecular complexity index is 387. The van der Waals surface area contributed by atoms with Crippen molar-refractivity contribution in [3.63, 3.8) is 0 Å². The first-order valence-corrected chi connectivity index (χ1v) is 4.73. The molecule has 0 radical (unpaired) electrons. The van der Waals surface area contributed by atoms with E-state index in [4.69, 9.17) is 5.73 Å². The minimum atomic E-state index is -4.82. The first kappa shape index (κ1) is 16.8. The number of aromatic hydroxyl groups is 1. The zero-order valence-electron chi connectivity index (χ0n) is 9.08. The molecule has 1 atom stereocenters. The lowest BCUT2D eigenvalue weighted by Gasteiger charge is -2.14. The predicted molar refractivity (Wildman–Crippen MR) is 59.6 cm³/mol. The molecule has 0 aromatic heterocycles. The summed E-state index contributed by atoms with van der Waals surface area (Å²) in [6, 6.07) is 2.04. The standard InChI is InChI=1S/C10H11F4NO2.ClH/c11-4-3-8(15)7-5-6(1-2-9(7)16)17-10(12,13)14;/h1-2,5,8,16H,3-4,15H2;1H/t8-;/m1./s1. The molecule has 1 aromatic carbocycles. The number of benzene rings is 1. The van der Waals surface area contributed by atoms with Gasteiger partial charge in [-0.1, -0.05) is 0 Å². The number of nitrogens with two attached hydrogens (primary N) is 1. The third kappa shape index (κ3) is 4.97. The Hall–Kier alpha value is -1.21. The second-order valence-electron chi connectivity index (χ2n) is 3.35. The van der Waals surface area contributed by atoms with Crippen LogP contribution in [-0.4, -0.2) is 18.1 Å². The quantitative estimate of drug-likeness (QED) is 0.838. The van der Waals surface area contributed by atoms with Crippen LogP contribution >= 0.6 is 12.4 Å². The summed E-state index contributed by atoms with van der Waals surface area (Å²) in [6.07, 6.45) is -4.92. The van der Waals surface area contributed by atoms with E-state index in [2.05, 4.69) is 4.74 Å². The van der Waals surface area contributed by atoms with Gasteiger partial charge in [-0.25, -0.2) is 0 Å². The molecule has 0 aliphatic heterocycles. The maximum absolute atomic E-state index is 12.1. The van der Waals surface area contributed by atoms with Crippen molar-refractivity contribution in [1.29, 1.82) is 0 Å². The lowest BCUT2D eigenvalue weighted by Crippen LogP contribution is -2.18. The Morgan fingerprint density at radius 1 is 1.33 bits per heavy atom. The normalized spacial score (nSPS) is 12.7. The highest BCUT2D eigenvalue weighted by atomic mass is 35.5. The highest BCUT2D eigenvalue weighted by Gasteiger charge is 2.31. The molecule has 0 spiro atoms. The maximum atomic E-state index is 12.1. The number of rotatable bonds is 4. The summed E-state index contributed by atoms with van der Waals surface area (Å²) in [7, 11) is 0. The van der Waals surface area contributed by atoms with Gasteiger partial charge in [-0.05, 0) is 24.6 Å². The number of phenolic OH excluding ortho intramolecular Hbond substituents is 1. The van der Waals surface area contributed by atoms with Gasteiger partial charge < -0.3 is 15.6 Å². The van der Waals surface area contributed by atoms with Gasteiger partial charge in [0, 0.05) is 11.6 Å². The van der Waals surface area contributed by atoms with Crippen LogP contribution in [0.4, 0.5) is 17.6 Å². The Balaban J connectivity index is 0.00000289. The molecule has 0 bridgehead atoms. The molecule has 0 unspecified atom stereocenters. The Kier molecular flexibility index (Phi) is 6.20. The topological polar surface area (TPSA) is 55.5 Å². The summed E-state index contributed by atoms with van der Waals surface area (Å²) in [5.41, 5.74) is 5.52. The van der Waals surface area contributed by atoms with Crippen molar-refractivity contribution in [3.05, 3.63) is 23.8 Å². The molecule has 0 heterocycles. The van der Waals surface area contributed by atoms with Crippen LogP contribution in [0.2, 0.25) is 0 Å². The SMILES string of the molecule is Cl.N[C@H](CCF)c1cc(OC(F)(F)F)ccc1O. The Morgan fingerprint density at radius 3 is 2.44 bits per heavy atom. The Morgan fingerprint density at radius 2 is 1.94 bits per heavy atom. The van der Waals surface area contributed by atoms with E-state index >= 15 is 0 Å². The molecule has 0 aliphatic rings. The second-order valence-corrected chi connectivity index (χ2v) is 3.35. The minimum Gasteiger partial charge on any atom is -0.508 e. The third-order valence-corrected chi connectivity index (χ3v) is 2.05. The average molecular weight is 290 g/mol. The highest BCUT2D eigenvalue weighted by molar-refractivity contribution is 5.85. The van der Waals surface area contributed by atoms with Gasteiger partial charge in [0.15, 0.2) is 0 Å². The van der Waals surface area contributed by atoms with Crippen LogP contribution in [0.25, 0.3) is 0 Å². The summed E-state index contributed by atoms with van der Waals surface area (Å²) < 4.78 is 51.6. The number of phenols is 1. The fourth-order valence-corrected chi connectivity index (χ4v) is 1.30. The van der Waals surface area contributed by atoms with Crippen molar-refractivity contribution in [2.45, 2.75) is 18.8 Å². The van der Waals surface area contributed by atoms with Gasteiger partial charge in [0.1, 0.15) is 11.5 Å². The first-order valence-electron chi connectivity index (χ1n) is 4.73. The van der Waals surface area contributed by atoms with Crippen LogP contribution in [0, 0.1) is 0 Å². The molecule has 0 fully saturated rings. The lowest BCUT2D eigenvalue weighted by atomic mass is 10.0. The van der Waals surface area contributed by atoms with Crippen molar-refractivity contribution in [2.24, 2.45) is 5.73 Å². The van der Waals surface area contributed by atoms with Gasteiger partial charge >= 0.3 is 6.36 Å². The fourth-order valence-electron chi connectivity index (χ4n) is 1.30. The summed E-state index contributed by atoms with van der Waals surface area (Å²) >= 11 is 0. The smallest absolute Gasteiger partial charge is 0.508 e. The molecular formula is C10H12ClF4NO2. The Labute approximate surface area is 107 Å². The number of halogens is 5. The fraction of sp³-hybridized carbons (Fsp3) is 0.400. The molecule has 18 heavy (non-hydrogen) atoms. The lowest BCUT2D eigenvalue weighted by molar-refractivity contribution is -0.274. The molecule has 1 rings (SSSR count). The number of ether oxygens (including phenoxy) is 1. The van der Waals surface area contributed by atoms with E-state index in [0.717, 1.165) is 18.2 Å². The molecule has 3 N–H and O–H groups in total. The first-order chi connectivity index (χ1) is 7.83. The summed E-state index contributed by atoms with van der Waals surface area (Å²) in [5.74, 6) is -0.792. The van der Waals surface area contributed by atoms with Gasteiger partial charge in [0.2, 0.25) is 0 Å². The molecule has 0 aliphatic carbocycles. The van der Waals surface area contributed by atoms with Crippen molar-refractivity contribution >= 4 is 12.4 Å². The molecule has 0 saturated carbocycles. The van der Waals surface area contributed by atoms with Crippen molar-refractivity contribution in [2.75, 3.05) is 6.67 Å². The number of hydrogen-bond acceptors (Lipinski definition) is 3. The summed E-state index contributed by atoms with van der Waals surface area (Å²) in [5, 5.41) is 9.39.